The molecule has 0 atom stereocenters. The summed E-state index contributed by atoms with van der Waals surface area (Å²) >= 11 is 5.88. The predicted octanol–water partition coefficient (Wildman–Crippen LogP) is 5.62. The minimum atomic E-state index is -0.704. The van der Waals surface area contributed by atoms with Crippen molar-refractivity contribution >= 4 is 29.4 Å². The summed E-state index contributed by atoms with van der Waals surface area (Å²) in [6.07, 6.45) is 1.62. The molecule has 0 bridgehead atoms. The number of ether oxygens (including phenoxy) is 2. The quantitative estimate of drug-likeness (QED) is 0.320. The van der Waals surface area contributed by atoms with Crippen LogP contribution in [0.4, 0.5) is 4.39 Å². The number of hydrogen-bond acceptors (Lipinski definition) is 4. The van der Waals surface area contributed by atoms with Gasteiger partial charge in [0.15, 0.2) is 5.76 Å². The fraction of sp³-hybridized carbons (Fsp3) is 0.0435. The molecule has 1 aliphatic rings. The van der Waals surface area contributed by atoms with Gasteiger partial charge in [0.1, 0.15) is 17.3 Å². The number of fused-ring (bicyclic) bond motifs is 1. The standard InChI is InChI=1S/C23H14ClFO4/c1-13-9-18(28-23(27)15-3-2-4-17(25)11-15)12-19-21(13)22(26)20(29-19)10-14-5-7-16(24)8-6-14/h2-12H,1H3/b20-10-. The van der Waals surface area contributed by atoms with E-state index in [4.69, 9.17) is 21.1 Å². The largest absolute Gasteiger partial charge is 0.452 e. The summed E-state index contributed by atoms with van der Waals surface area (Å²) in [6.45, 7) is 1.73. The van der Waals surface area contributed by atoms with Crippen LogP contribution in [0.25, 0.3) is 6.08 Å². The molecular weight excluding hydrogens is 395 g/mol. The molecule has 3 aromatic rings. The van der Waals surface area contributed by atoms with Gasteiger partial charge < -0.3 is 9.47 Å². The number of esters is 1. The number of halogens is 2. The third-order valence-electron chi connectivity index (χ3n) is 4.38. The summed E-state index contributed by atoms with van der Waals surface area (Å²) in [5, 5.41) is 0.592. The molecule has 0 aliphatic carbocycles. The smallest absolute Gasteiger partial charge is 0.343 e. The number of carbonyl (C=O) groups is 2. The van der Waals surface area contributed by atoms with Crippen LogP contribution < -0.4 is 9.47 Å². The molecule has 6 heteroatoms. The summed E-state index contributed by atoms with van der Waals surface area (Å²) in [4.78, 5) is 25.0. The van der Waals surface area contributed by atoms with Gasteiger partial charge in [-0.1, -0.05) is 29.8 Å². The van der Waals surface area contributed by atoms with Crippen LogP contribution in [-0.2, 0) is 0 Å². The highest BCUT2D eigenvalue weighted by Gasteiger charge is 2.30. The lowest BCUT2D eigenvalue weighted by atomic mass is 10.0. The van der Waals surface area contributed by atoms with Crippen LogP contribution in [0.3, 0.4) is 0 Å². The van der Waals surface area contributed by atoms with E-state index in [1.54, 1.807) is 43.3 Å². The SMILES string of the molecule is Cc1cc(OC(=O)c2cccc(F)c2)cc2c1C(=O)/C(=C/c1ccc(Cl)cc1)O2. The second-order valence-corrected chi connectivity index (χ2v) is 6.94. The lowest BCUT2D eigenvalue weighted by Gasteiger charge is -2.08. The Labute approximate surface area is 171 Å². The maximum Gasteiger partial charge on any atom is 0.343 e. The fourth-order valence-electron chi connectivity index (χ4n) is 3.03. The number of ketones is 1. The molecule has 4 rings (SSSR count). The molecule has 0 radical (unpaired) electrons. The molecule has 0 N–H and O–H groups in total. The predicted molar refractivity (Wildman–Crippen MR) is 107 cm³/mol. The Balaban J connectivity index is 1.60. The van der Waals surface area contributed by atoms with Crippen molar-refractivity contribution in [3.8, 4) is 11.5 Å². The van der Waals surface area contributed by atoms with Crippen molar-refractivity contribution in [1.82, 2.24) is 0 Å². The average Bonchev–Trinajstić information content (AvgIpc) is 2.99. The van der Waals surface area contributed by atoms with Crippen molar-refractivity contribution in [3.63, 3.8) is 0 Å². The van der Waals surface area contributed by atoms with Gasteiger partial charge in [-0.2, -0.15) is 0 Å². The Kier molecular flexibility index (Phi) is 4.91. The number of benzene rings is 3. The third-order valence-corrected chi connectivity index (χ3v) is 4.63. The lowest BCUT2D eigenvalue weighted by Crippen LogP contribution is -2.09. The van der Waals surface area contributed by atoms with Crippen LogP contribution in [0.1, 0.15) is 31.8 Å². The fourth-order valence-corrected chi connectivity index (χ4v) is 3.15. The number of hydrogen-bond donors (Lipinski definition) is 0. The molecule has 144 valence electrons. The van der Waals surface area contributed by atoms with E-state index in [0.717, 1.165) is 11.6 Å². The van der Waals surface area contributed by atoms with Crippen molar-refractivity contribution in [1.29, 1.82) is 0 Å². The molecule has 29 heavy (non-hydrogen) atoms. The van der Waals surface area contributed by atoms with Crippen molar-refractivity contribution in [2.45, 2.75) is 6.92 Å². The van der Waals surface area contributed by atoms with Gasteiger partial charge in [0.05, 0.1) is 11.1 Å². The molecule has 0 aromatic heterocycles. The lowest BCUT2D eigenvalue weighted by molar-refractivity contribution is 0.0734. The van der Waals surface area contributed by atoms with E-state index < -0.39 is 11.8 Å². The van der Waals surface area contributed by atoms with Gasteiger partial charge in [-0.15, -0.1) is 0 Å². The Morgan fingerprint density at radius 2 is 1.86 bits per heavy atom. The highest BCUT2D eigenvalue weighted by Crippen LogP contribution is 2.37. The highest BCUT2D eigenvalue weighted by molar-refractivity contribution is 6.30. The molecule has 0 unspecified atom stereocenters. The average molecular weight is 409 g/mol. The summed E-state index contributed by atoms with van der Waals surface area (Å²) in [5.41, 5.74) is 1.87. The zero-order chi connectivity index (χ0) is 20.5. The molecular formula is C23H14ClFO4. The van der Waals surface area contributed by atoms with Gasteiger partial charge in [-0.3, -0.25) is 4.79 Å². The van der Waals surface area contributed by atoms with Crippen LogP contribution in [0.5, 0.6) is 11.5 Å². The number of aryl methyl sites for hydroxylation is 1. The van der Waals surface area contributed by atoms with Gasteiger partial charge in [0.2, 0.25) is 5.78 Å². The number of rotatable bonds is 3. The minimum absolute atomic E-state index is 0.0865. The van der Waals surface area contributed by atoms with E-state index in [9.17, 15) is 14.0 Å². The van der Waals surface area contributed by atoms with Crippen molar-refractivity contribution < 1.29 is 23.5 Å². The molecule has 1 aliphatic heterocycles. The number of allylic oxidation sites excluding steroid dienone is 1. The third kappa shape index (κ3) is 3.91. The summed E-state index contributed by atoms with van der Waals surface area (Å²) in [5.74, 6) is -0.816. The molecule has 0 amide bonds. The van der Waals surface area contributed by atoms with Crippen LogP contribution in [0.15, 0.2) is 66.4 Å². The normalized spacial score (nSPS) is 13.9. The molecule has 0 saturated carbocycles. The first kappa shape index (κ1) is 18.9. The Hall–Kier alpha value is -3.44. The number of carbonyl (C=O) groups excluding carboxylic acids is 2. The van der Waals surface area contributed by atoms with Crippen molar-refractivity contribution in [2.75, 3.05) is 0 Å². The second-order valence-electron chi connectivity index (χ2n) is 6.50. The summed E-state index contributed by atoms with van der Waals surface area (Å²) in [6, 6.07) is 15.2. The van der Waals surface area contributed by atoms with Crippen LogP contribution >= 0.6 is 11.6 Å². The van der Waals surface area contributed by atoms with Crippen LogP contribution in [-0.4, -0.2) is 11.8 Å². The molecule has 3 aromatic carbocycles. The topological polar surface area (TPSA) is 52.6 Å². The van der Waals surface area contributed by atoms with E-state index in [1.807, 2.05) is 0 Å². The van der Waals surface area contributed by atoms with E-state index in [0.29, 0.717) is 21.9 Å². The Bertz CT molecular complexity index is 1170. The van der Waals surface area contributed by atoms with Crippen LogP contribution in [0.2, 0.25) is 5.02 Å². The van der Waals surface area contributed by atoms with Gasteiger partial charge >= 0.3 is 5.97 Å². The van der Waals surface area contributed by atoms with Gasteiger partial charge in [0.25, 0.3) is 0 Å². The van der Waals surface area contributed by atoms with Crippen LogP contribution in [0, 0.1) is 12.7 Å². The first-order valence-corrected chi connectivity index (χ1v) is 9.11. The maximum atomic E-state index is 13.3. The van der Waals surface area contributed by atoms with Gasteiger partial charge in [-0.05, 0) is 60.5 Å². The van der Waals surface area contributed by atoms with Crippen molar-refractivity contribution in [2.24, 2.45) is 0 Å². The van der Waals surface area contributed by atoms with E-state index in [1.165, 1.54) is 24.3 Å². The van der Waals surface area contributed by atoms with Gasteiger partial charge in [0, 0.05) is 11.1 Å². The number of Topliss-reactive ketones (excluding diaryl/α,β-unsaturated/α-hetero) is 1. The van der Waals surface area contributed by atoms with E-state index >= 15 is 0 Å². The first-order valence-electron chi connectivity index (χ1n) is 8.73. The molecule has 4 nitrogen and oxygen atoms in total. The highest BCUT2D eigenvalue weighted by atomic mass is 35.5. The van der Waals surface area contributed by atoms with Crippen molar-refractivity contribution in [3.05, 3.63) is 99.5 Å². The molecule has 1 heterocycles. The molecule has 0 fully saturated rings. The minimum Gasteiger partial charge on any atom is -0.452 e. The zero-order valence-corrected chi connectivity index (χ0v) is 16.0. The Morgan fingerprint density at radius 3 is 2.59 bits per heavy atom. The molecule has 0 saturated heterocycles. The zero-order valence-electron chi connectivity index (χ0n) is 15.2. The first-order chi connectivity index (χ1) is 13.9. The van der Waals surface area contributed by atoms with Gasteiger partial charge in [-0.25, -0.2) is 9.18 Å². The monoisotopic (exact) mass is 408 g/mol. The van der Waals surface area contributed by atoms with E-state index in [2.05, 4.69) is 0 Å². The maximum absolute atomic E-state index is 13.3. The van der Waals surface area contributed by atoms with E-state index in [-0.39, 0.29) is 22.9 Å². The summed E-state index contributed by atoms with van der Waals surface area (Å²) in [7, 11) is 0. The Morgan fingerprint density at radius 1 is 1.10 bits per heavy atom. The summed E-state index contributed by atoms with van der Waals surface area (Å²) < 4.78 is 24.4. The molecule has 0 spiro atoms. The second kappa shape index (κ2) is 7.53.